The number of nitrogens with zero attached hydrogens (tertiary/aromatic N) is 6. The molecule has 5 aromatic carbocycles. The fourth-order valence-electron chi connectivity index (χ4n) is 9.41. The van der Waals surface area contributed by atoms with Crippen LogP contribution in [0.3, 0.4) is 0 Å². The van der Waals surface area contributed by atoms with E-state index in [1.54, 1.807) is 12.3 Å². The molecule has 4 aromatic heterocycles. The van der Waals surface area contributed by atoms with Gasteiger partial charge >= 0.3 is 6.18 Å². The summed E-state index contributed by atoms with van der Waals surface area (Å²) in [5, 5.41) is 11.8. The largest absolute Gasteiger partial charge is 0.415 e. The average Bonchev–Trinajstić information content (AvgIpc) is 3.84. The van der Waals surface area contributed by atoms with Crippen molar-refractivity contribution in [1.29, 1.82) is 5.26 Å². The highest BCUT2D eigenvalue weighted by atomic mass is 19.4. The van der Waals surface area contributed by atoms with Crippen molar-refractivity contribution in [2.24, 2.45) is 0 Å². The van der Waals surface area contributed by atoms with E-state index in [9.17, 15) is 18.4 Å². The molecule has 0 aliphatic rings. The third kappa shape index (κ3) is 7.66. The molecule has 0 saturated carbocycles. The van der Waals surface area contributed by atoms with Crippen LogP contribution in [-0.2, 0) is 25.4 Å². The molecule has 0 saturated heterocycles. The number of pyridine rings is 2. The lowest BCUT2D eigenvalue weighted by atomic mass is 9.91. The van der Waals surface area contributed by atoms with Crippen LogP contribution in [0.25, 0.3) is 82.3 Å². The summed E-state index contributed by atoms with van der Waals surface area (Å²) in [4.78, 5) is 13.4. The monoisotopic (exact) mass is 856 g/mol. The number of alkyl halides is 3. The Bertz CT molecular complexity index is 3480. The molecule has 0 bridgehead atoms. The van der Waals surface area contributed by atoms with Crippen LogP contribution < -0.4 is 0 Å². The van der Waals surface area contributed by atoms with Crippen molar-refractivity contribution in [2.75, 3.05) is 0 Å². The van der Waals surface area contributed by atoms with E-state index in [1.165, 1.54) is 6.07 Å². The topological polar surface area (TPSA) is 63.8 Å². The molecule has 0 aliphatic heterocycles. The van der Waals surface area contributed by atoms with Gasteiger partial charge in [0.1, 0.15) is 0 Å². The zero-order valence-electron chi connectivity index (χ0n) is 35.9. The van der Waals surface area contributed by atoms with E-state index >= 15 is 0 Å². The first-order chi connectivity index (χ1) is 31.6. The van der Waals surface area contributed by atoms with Crippen LogP contribution in [0.15, 0.2) is 153 Å². The maximum atomic E-state index is 14.2. The molecule has 9 aromatic rings. The van der Waals surface area contributed by atoms with Crippen LogP contribution in [-0.4, -0.2) is 19.1 Å². The minimum Gasteiger partial charge on any atom is -0.308 e. The molecule has 4 heterocycles. The summed E-state index contributed by atoms with van der Waals surface area (Å²) >= 11 is 0. The summed E-state index contributed by atoms with van der Waals surface area (Å²) in [7, 11) is 0. The highest BCUT2D eigenvalue weighted by molar-refractivity contribution is 6.12. The molecular weight excluding hydrogens is 814 g/mol. The van der Waals surface area contributed by atoms with Crippen molar-refractivity contribution in [3.63, 3.8) is 0 Å². The maximum Gasteiger partial charge on any atom is 0.415 e. The minimum atomic E-state index is -4.63. The number of fused-ring (bicyclic) bond motifs is 6. The molecule has 0 radical (unpaired) electrons. The highest BCUT2D eigenvalue weighted by Gasteiger charge is 2.32. The second kappa shape index (κ2) is 17.3. The Labute approximate surface area is 375 Å². The van der Waals surface area contributed by atoms with E-state index in [-0.39, 0.29) is 5.69 Å². The number of allylic oxidation sites excluding steroid dienone is 3. The lowest BCUT2D eigenvalue weighted by Crippen LogP contribution is -2.05. The number of hydrogen-bond acceptors (Lipinski definition) is 3. The lowest BCUT2D eigenvalue weighted by Gasteiger charge is -2.17. The second-order valence-electron chi connectivity index (χ2n) is 16.3. The molecule has 0 atom stereocenters. The van der Waals surface area contributed by atoms with Crippen molar-refractivity contribution >= 4 is 49.6 Å². The first-order valence-corrected chi connectivity index (χ1v) is 21.5. The number of aryl methyl sites for hydroxylation is 4. The third-order valence-corrected chi connectivity index (χ3v) is 12.1. The van der Waals surface area contributed by atoms with Gasteiger partial charge in [-0.3, -0.25) is 9.97 Å². The smallest absolute Gasteiger partial charge is 0.308 e. The number of aromatic nitrogens is 4. The van der Waals surface area contributed by atoms with Gasteiger partial charge in [-0.05, 0) is 175 Å². The van der Waals surface area contributed by atoms with E-state index in [1.807, 2.05) is 67.7 Å². The molecule has 9 rings (SSSR count). The van der Waals surface area contributed by atoms with Crippen LogP contribution in [0.5, 0.6) is 0 Å². The summed E-state index contributed by atoms with van der Waals surface area (Å²) in [6.45, 7) is 21.7. The van der Waals surface area contributed by atoms with Crippen molar-refractivity contribution < 1.29 is 13.2 Å². The van der Waals surface area contributed by atoms with E-state index < -0.39 is 11.7 Å². The molecule has 9 heteroatoms. The van der Waals surface area contributed by atoms with Gasteiger partial charge in [-0.15, -0.1) is 19.7 Å². The number of rotatable bonds is 13. The summed E-state index contributed by atoms with van der Waals surface area (Å²) in [6.07, 6.45) is 8.60. The Hall–Kier alpha value is -8.01. The Balaban J connectivity index is 1.33. The first kappa shape index (κ1) is 42.3. The van der Waals surface area contributed by atoms with Gasteiger partial charge in [0, 0.05) is 40.1 Å². The highest BCUT2D eigenvalue weighted by Crippen LogP contribution is 2.44. The number of halogens is 3. The van der Waals surface area contributed by atoms with E-state index in [0.717, 1.165) is 126 Å². The molecule has 0 spiro atoms. The molecule has 65 heavy (non-hydrogen) atoms. The quantitative estimate of drug-likeness (QED) is 0.0857. The standard InChI is InChI=1S/C56H43F3N6/c1-6-9-14-36-28-42(64-48-21-19-44(38-26-35(4)25-37(27-38)34-60)46(15-10-7-2)52(48)54-50(64)17-12-23-62-54)33-43(29-36)65-49-22-20-45(39-30-40(56(57,58)59)32-41(31-39)61-5)47(16-11-8-3)53(49)55-51(65)18-13-24-63-55/h6-8,12-13,17-33H,1-3,9-11,14-16H2,4H3. The molecule has 318 valence electrons. The SMILES string of the molecule is [C-]#[N+]c1cc(-c2ccc3c(c2CCC=C)c2ncccc2n3-c2cc(CCC=C)cc(-n3c4cccnc4c4c(CCC=C)c(-c5cc(C)cc(C#N)c5)ccc43)c2)cc(C(F)(F)F)c1. The van der Waals surface area contributed by atoms with Crippen LogP contribution in [0.4, 0.5) is 18.9 Å². The third-order valence-electron chi connectivity index (χ3n) is 12.1. The molecule has 0 fully saturated rings. The molecule has 6 nitrogen and oxygen atoms in total. The fourth-order valence-corrected chi connectivity index (χ4v) is 9.41. The molecular formula is C56H43F3N6. The predicted octanol–water partition coefficient (Wildman–Crippen LogP) is 15.1. The van der Waals surface area contributed by atoms with Crippen LogP contribution in [0.1, 0.15) is 52.6 Å². The van der Waals surface area contributed by atoms with Gasteiger partial charge in [-0.25, -0.2) is 4.85 Å². The number of benzene rings is 5. The maximum absolute atomic E-state index is 14.2. The van der Waals surface area contributed by atoms with Crippen LogP contribution in [0, 0.1) is 24.8 Å². The van der Waals surface area contributed by atoms with Gasteiger partial charge in [0.2, 0.25) is 0 Å². The normalized spacial score (nSPS) is 11.6. The van der Waals surface area contributed by atoms with Gasteiger partial charge in [0.15, 0.2) is 5.69 Å². The predicted molar refractivity (Wildman–Crippen MR) is 258 cm³/mol. The van der Waals surface area contributed by atoms with Crippen molar-refractivity contribution in [2.45, 2.75) is 51.6 Å². The Kier molecular flexibility index (Phi) is 11.2. The van der Waals surface area contributed by atoms with Crippen LogP contribution in [0.2, 0.25) is 0 Å². The fraction of sp³-hybridized carbons (Fsp3) is 0.143. The Morgan fingerprint density at radius 1 is 0.662 bits per heavy atom. The van der Waals surface area contributed by atoms with Crippen LogP contribution >= 0.6 is 0 Å². The van der Waals surface area contributed by atoms with Crippen molar-refractivity contribution in [3.8, 4) is 39.7 Å². The second-order valence-corrected chi connectivity index (χ2v) is 16.3. The first-order valence-electron chi connectivity index (χ1n) is 21.5. The summed E-state index contributed by atoms with van der Waals surface area (Å²) < 4.78 is 47.1. The zero-order valence-corrected chi connectivity index (χ0v) is 35.9. The molecule has 0 aliphatic carbocycles. The number of nitriles is 1. The van der Waals surface area contributed by atoms with Gasteiger partial charge < -0.3 is 9.13 Å². The summed E-state index contributed by atoms with van der Waals surface area (Å²) in [6, 6.07) is 34.5. The van der Waals surface area contributed by atoms with Gasteiger partial charge in [-0.2, -0.15) is 18.4 Å². The van der Waals surface area contributed by atoms with Crippen molar-refractivity contribution in [3.05, 3.63) is 198 Å². The summed E-state index contributed by atoms with van der Waals surface area (Å²) in [5.74, 6) is 0. The average molecular weight is 857 g/mol. The Morgan fingerprint density at radius 2 is 1.20 bits per heavy atom. The van der Waals surface area contributed by atoms with Gasteiger partial charge in [0.05, 0.1) is 51.3 Å². The number of hydrogen-bond donors (Lipinski definition) is 0. The molecule has 0 N–H and O–H groups in total. The van der Waals surface area contributed by atoms with E-state index in [4.69, 9.17) is 16.5 Å². The van der Waals surface area contributed by atoms with E-state index in [0.29, 0.717) is 29.5 Å². The van der Waals surface area contributed by atoms with Gasteiger partial charge in [0.25, 0.3) is 0 Å². The minimum absolute atomic E-state index is 0.0818. The Morgan fingerprint density at radius 3 is 1.71 bits per heavy atom. The molecule has 0 amide bonds. The van der Waals surface area contributed by atoms with Crippen molar-refractivity contribution in [1.82, 2.24) is 19.1 Å². The lowest BCUT2D eigenvalue weighted by molar-refractivity contribution is -0.137. The zero-order chi connectivity index (χ0) is 45.4. The van der Waals surface area contributed by atoms with Gasteiger partial charge in [-0.1, -0.05) is 36.4 Å². The molecule has 0 unspecified atom stereocenters. The van der Waals surface area contributed by atoms with E-state index in [2.05, 4.69) is 82.2 Å². The summed E-state index contributed by atoms with van der Waals surface area (Å²) in [5.41, 5.74) is 13.7.